The van der Waals surface area contributed by atoms with Crippen LogP contribution in [0.5, 0.6) is 0 Å². The Morgan fingerprint density at radius 2 is 1.94 bits per heavy atom. The van der Waals surface area contributed by atoms with Gasteiger partial charge < -0.3 is 10.8 Å². The van der Waals surface area contributed by atoms with Crippen LogP contribution in [0.1, 0.15) is 65.7 Å². The number of hydrogen-bond acceptors (Lipinski definition) is 3. The van der Waals surface area contributed by atoms with Gasteiger partial charge in [-0.25, -0.2) is 0 Å². The van der Waals surface area contributed by atoms with E-state index < -0.39 is 5.60 Å². The standard InChI is InChI=1S/C14H29NO2/c1-4-5-6-9-13(16)12(11-15)8-7-10-14(2,3)17/h12,17H,4-11,15H2,1-3H3. The van der Waals surface area contributed by atoms with Crippen molar-refractivity contribution in [1.29, 1.82) is 0 Å². The third kappa shape index (κ3) is 9.31. The maximum Gasteiger partial charge on any atom is 0.137 e. The molecule has 0 saturated carbocycles. The molecule has 0 fully saturated rings. The van der Waals surface area contributed by atoms with E-state index in [-0.39, 0.29) is 5.92 Å². The van der Waals surface area contributed by atoms with Gasteiger partial charge in [-0.3, -0.25) is 4.79 Å². The first-order valence-electron chi connectivity index (χ1n) is 6.86. The number of rotatable bonds is 10. The number of Topliss-reactive ketones (excluding diaryl/α,β-unsaturated/α-hetero) is 1. The highest BCUT2D eigenvalue weighted by Crippen LogP contribution is 2.17. The number of aliphatic hydroxyl groups is 1. The van der Waals surface area contributed by atoms with Crippen LogP contribution in [-0.2, 0) is 4.79 Å². The van der Waals surface area contributed by atoms with Gasteiger partial charge in [0.05, 0.1) is 5.60 Å². The summed E-state index contributed by atoms with van der Waals surface area (Å²) < 4.78 is 0. The van der Waals surface area contributed by atoms with Crippen LogP contribution in [0.25, 0.3) is 0 Å². The average Bonchev–Trinajstić information content (AvgIpc) is 2.23. The second-order valence-electron chi connectivity index (χ2n) is 5.56. The maximum atomic E-state index is 11.9. The minimum absolute atomic E-state index is 0.00536. The summed E-state index contributed by atoms with van der Waals surface area (Å²) in [5, 5.41) is 9.60. The summed E-state index contributed by atoms with van der Waals surface area (Å²) in [5.74, 6) is 0.297. The normalized spacial score (nSPS) is 13.7. The molecule has 0 bridgehead atoms. The van der Waals surface area contributed by atoms with Gasteiger partial charge >= 0.3 is 0 Å². The Bertz CT molecular complexity index is 209. The van der Waals surface area contributed by atoms with Crippen molar-refractivity contribution in [2.45, 2.75) is 71.3 Å². The van der Waals surface area contributed by atoms with Gasteiger partial charge in [-0.15, -0.1) is 0 Å². The van der Waals surface area contributed by atoms with Crippen LogP contribution in [0.4, 0.5) is 0 Å². The van der Waals surface area contributed by atoms with Crippen molar-refractivity contribution in [2.24, 2.45) is 11.7 Å². The van der Waals surface area contributed by atoms with Crippen molar-refractivity contribution in [3.05, 3.63) is 0 Å². The average molecular weight is 243 g/mol. The summed E-state index contributed by atoms with van der Waals surface area (Å²) in [6.07, 6.45) is 6.31. The minimum Gasteiger partial charge on any atom is -0.390 e. The van der Waals surface area contributed by atoms with E-state index in [1.54, 1.807) is 13.8 Å². The van der Waals surface area contributed by atoms with E-state index in [0.29, 0.717) is 18.7 Å². The number of ketones is 1. The summed E-state index contributed by atoms with van der Waals surface area (Å²) in [6, 6.07) is 0. The van der Waals surface area contributed by atoms with Gasteiger partial charge in [0.15, 0.2) is 0 Å². The molecule has 0 aliphatic carbocycles. The van der Waals surface area contributed by atoms with E-state index in [0.717, 1.165) is 38.5 Å². The van der Waals surface area contributed by atoms with Crippen LogP contribution >= 0.6 is 0 Å². The highest BCUT2D eigenvalue weighted by Gasteiger charge is 2.18. The lowest BCUT2D eigenvalue weighted by atomic mass is 9.91. The number of hydrogen-bond donors (Lipinski definition) is 2. The molecule has 102 valence electrons. The fraction of sp³-hybridized carbons (Fsp3) is 0.929. The quantitative estimate of drug-likeness (QED) is 0.580. The number of carbonyl (C=O) groups is 1. The van der Waals surface area contributed by atoms with E-state index in [1.165, 1.54) is 0 Å². The minimum atomic E-state index is -0.635. The van der Waals surface area contributed by atoms with Gasteiger partial charge in [0, 0.05) is 18.9 Å². The Kier molecular flexibility index (Phi) is 8.44. The lowest BCUT2D eigenvalue weighted by Gasteiger charge is -2.19. The van der Waals surface area contributed by atoms with E-state index in [2.05, 4.69) is 6.92 Å². The second-order valence-corrected chi connectivity index (χ2v) is 5.56. The van der Waals surface area contributed by atoms with E-state index in [4.69, 9.17) is 5.73 Å². The van der Waals surface area contributed by atoms with Crippen molar-refractivity contribution in [3.63, 3.8) is 0 Å². The van der Waals surface area contributed by atoms with Gasteiger partial charge in [0.2, 0.25) is 0 Å². The molecule has 0 aromatic carbocycles. The highest BCUT2D eigenvalue weighted by atomic mass is 16.3. The lowest BCUT2D eigenvalue weighted by Crippen LogP contribution is -2.25. The first-order chi connectivity index (χ1) is 7.90. The highest BCUT2D eigenvalue weighted by molar-refractivity contribution is 5.81. The Labute approximate surface area is 106 Å². The van der Waals surface area contributed by atoms with Crippen molar-refractivity contribution in [3.8, 4) is 0 Å². The second kappa shape index (κ2) is 8.65. The molecule has 0 aromatic rings. The molecule has 3 N–H and O–H groups in total. The van der Waals surface area contributed by atoms with Crippen molar-refractivity contribution in [1.82, 2.24) is 0 Å². The van der Waals surface area contributed by atoms with Crippen LogP contribution < -0.4 is 5.73 Å². The van der Waals surface area contributed by atoms with E-state index in [9.17, 15) is 9.90 Å². The van der Waals surface area contributed by atoms with Crippen molar-refractivity contribution >= 4 is 5.78 Å². The third-order valence-electron chi connectivity index (χ3n) is 3.11. The third-order valence-corrected chi connectivity index (χ3v) is 3.11. The zero-order valence-corrected chi connectivity index (χ0v) is 11.7. The van der Waals surface area contributed by atoms with Gasteiger partial charge in [-0.05, 0) is 39.5 Å². The topological polar surface area (TPSA) is 63.3 Å². The Morgan fingerprint density at radius 3 is 2.41 bits per heavy atom. The zero-order valence-electron chi connectivity index (χ0n) is 11.7. The predicted molar refractivity (Wildman–Crippen MR) is 71.8 cm³/mol. The van der Waals surface area contributed by atoms with Gasteiger partial charge in [0.1, 0.15) is 5.78 Å². The SMILES string of the molecule is CCCCCC(=O)C(CN)CCCC(C)(C)O. The molecule has 0 aliphatic heterocycles. The van der Waals surface area contributed by atoms with Crippen LogP contribution in [0.3, 0.4) is 0 Å². The molecule has 0 heterocycles. The van der Waals surface area contributed by atoms with Crippen molar-refractivity contribution in [2.75, 3.05) is 6.54 Å². The van der Waals surface area contributed by atoms with Gasteiger partial charge in [-0.2, -0.15) is 0 Å². The fourth-order valence-corrected chi connectivity index (χ4v) is 1.94. The number of carbonyl (C=O) groups excluding carboxylic acids is 1. The van der Waals surface area contributed by atoms with Crippen LogP contribution in [0.15, 0.2) is 0 Å². The Hall–Kier alpha value is -0.410. The van der Waals surface area contributed by atoms with Crippen LogP contribution in [0.2, 0.25) is 0 Å². The molecule has 0 aliphatic rings. The molecule has 3 nitrogen and oxygen atoms in total. The molecular formula is C14H29NO2. The summed E-state index contributed by atoms with van der Waals surface area (Å²) in [6.45, 7) is 6.17. The van der Waals surface area contributed by atoms with Crippen molar-refractivity contribution < 1.29 is 9.90 Å². The summed E-state index contributed by atoms with van der Waals surface area (Å²) >= 11 is 0. The van der Waals surface area contributed by atoms with Crippen LogP contribution in [0, 0.1) is 5.92 Å². The molecule has 3 heteroatoms. The Balaban J connectivity index is 3.85. The smallest absolute Gasteiger partial charge is 0.137 e. The molecule has 0 aromatic heterocycles. The number of unbranched alkanes of at least 4 members (excludes halogenated alkanes) is 2. The monoisotopic (exact) mass is 243 g/mol. The lowest BCUT2D eigenvalue weighted by molar-refractivity contribution is -0.123. The van der Waals surface area contributed by atoms with Crippen LogP contribution in [-0.4, -0.2) is 23.0 Å². The summed E-state index contributed by atoms with van der Waals surface area (Å²) in [4.78, 5) is 11.9. The molecule has 0 rings (SSSR count). The first kappa shape index (κ1) is 16.6. The predicted octanol–water partition coefficient (Wildman–Crippen LogP) is 2.65. The summed E-state index contributed by atoms with van der Waals surface area (Å²) in [7, 11) is 0. The zero-order chi connectivity index (χ0) is 13.3. The molecule has 0 amide bonds. The molecule has 0 radical (unpaired) electrons. The summed E-state index contributed by atoms with van der Waals surface area (Å²) in [5.41, 5.74) is 5.01. The molecule has 0 saturated heterocycles. The first-order valence-corrected chi connectivity index (χ1v) is 6.86. The molecular weight excluding hydrogens is 214 g/mol. The largest absolute Gasteiger partial charge is 0.390 e. The molecule has 17 heavy (non-hydrogen) atoms. The molecule has 0 spiro atoms. The van der Waals surface area contributed by atoms with E-state index >= 15 is 0 Å². The van der Waals surface area contributed by atoms with E-state index in [1.807, 2.05) is 0 Å². The fourth-order valence-electron chi connectivity index (χ4n) is 1.94. The number of nitrogens with two attached hydrogens (primary N) is 1. The van der Waals surface area contributed by atoms with Gasteiger partial charge in [-0.1, -0.05) is 19.8 Å². The maximum absolute atomic E-state index is 11.9. The molecule has 1 atom stereocenters. The Morgan fingerprint density at radius 1 is 1.29 bits per heavy atom. The van der Waals surface area contributed by atoms with Gasteiger partial charge in [0.25, 0.3) is 0 Å². The molecule has 1 unspecified atom stereocenters.